The molecular weight excluding hydrogens is 522 g/mol. The topological polar surface area (TPSA) is 88.9 Å². The van der Waals surface area contributed by atoms with Crippen molar-refractivity contribution < 1.29 is 15.0 Å². The number of nitrogens with one attached hydrogen (secondary N) is 1. The highest BCUT2D eigenvalue weighted by molar-refractivity contribution is 6.31. The maximum absolute atomic E-state index is 11.0. The molecular formula is C33H30ClN3O3. The number of hydrogen-bond donors (Lipinski definition) is 3. The molecule has 7 heteroatoms. The van der Waals surface area contributed by atoms with Crippen LogP contribution in [-0.4, -0.2) is 38.8 Å². The summed E-state index contributed by atoms with van der Waals surface area (Å²) in [4.78, 5) is 21.3. The lowest BCUT2D eigenvalue weighted by Crippen LogP contribution is -2.17. The van der Waals surface area contributed by atoms with E-state index in [9.17, 15) is 9.90 Å². The van der Waals surface area contributed by atoms with E-state index >= 15 is 0 Å². The molecule has 0 saturated heterocycles. The molecule has 0 aliphatic heterocycles. The zero-order valence-electron chi connectivity index (χ0n) is 22.1. The van der Waals surface area contributed by atoms with E-state index in [1.165, 1.54) is 11.1 Å². The van der Waals surface area contributed by atoms with E-state index in [-0.39, 0.29) is 12.3 Å². The molecule has 0 radical (unpaired) electrons. The van der Waals surface area contributed by atoms with E-state index in [2.05, 4.69) is 53.3 Å². The van der Waals surface area contributed by atoms with Crippen LogP contribution in [0.5, 0.6) is 5.88 Å². The van der Waals surface area contributed by atoms with Crippen molar-refractivity contribution in [1.82, 2.24) is 9.88 Å². The van der Waals surface area contributed by atoms with E-state index in [0.717, 1.165) is 35.3 Å². The standard InChI is InChI=1S/C33H30ClN3O3/c1-37(20-23-5-3-2-4-6-23)21-24-9-15-27(16-10-24)35-32(25-12-7-22(8-13-25)11-18-30(38)39)31-28-17-14-26(34)19-29(28)36-33(31)40/h2-10,12-17,19,36,40H,11,18,20-21H2,1H3,(H,38,39). The highest BCUT2D eigenvalue weighted by Gasteiger charge is 2.19. The van der Waals surface area contributed by atoms with Gasteiger partial charge in [0, 0.05) is 35.5 Å². The highest BCUT2D eigenvalue weighted by Crippen LogP contribution is 2.33. The molecule has 0 bridgehead atoms. The van der Waals surface area contributed by atoms with Gasteiger partial charge in [0.15, 0.2) is 5.88 Å². The quantitative estimate of drug-likeness (QED) is 0.158. The maximum Gasteiger partial charge on any atom is 0.303 e. The summed E-state index contributed by atoms with van der Waals surface area (Å²) in [6.07, 6.45) is 0.510. The summed E-state index contributed by atoms with van der Waals surface area (Å²) in [5.41, 5.74) is 6.81. The summed E-state index contributed by atoms with van der Waals surface area (Å²) in [6, 6.07) is 31.6. The van der Waals surface area contributed by atoms with Gasteiger partial charge >= 0.3 is 5.97 Å². The Morgan fingerprint density at radius 3 is 2.20 bits per heavy atom. The van der Waals surface area contributed by atoms with E-state index in [1.807, 2.05) is 48.5 Å². The molecule has 0 atom stereocenters. The number of H-pyrrole nitrogens is 1. The first kappa shape index (κ1) is 27.2. The Kier molecular flexibility index (Phi) is 8.29. The van der Waals surface area contributed by atoms with Crippen LogP contribution < -0.4 is 0 Å². The summed E-state index contributed by atoms with van der Waals surface area (Å²) in [5.74, 6) is -0.825. The Balaban J connectivity index is 1.46. The summed E-state index contributed by atoms with van der Waals surface area (Å²) in [5, 5.41) is 21.3. The number of hydrogen-bond acceptors (Lipinski definition) is 4. The SMILES string of the molecule is CN(Cc1ccccc1)Cc1ccc(N=C(c2ccc(CCC(=O)O)cc2)c2c(O)[nH]c3cc(Cl)ccc23)cc1. The predicted octanol–water partition coefficient (Wildman–Crippen LogP) is 7.35. The molecule has 0 fully saturated rings. The van der Waals surface area contributed by atoms with E-state index in [4.69, 9.17) is 21.7 Å². The number of aromatic amines is 1. The third-order valence-corrected chi connectivity index (χ3v) is 6.99. The Morgan fingerprint density at radius 2 is 1.52 bits per heavy atom. The maximum atomic E-state index is 11.0. The van der Waals surface area contributed by atoms with Crippen molar-refractivity contribution in [1.29, 1.82) is 0 Å². The molecule has 202 valence electrons. The molecule has 1 aromatic heterocycles. The van der Waals surface area contributed by atoms with Crippen LogP contribution in [0.1, 0.15) is 34.2 Å². The predicted molar refractivity (Wildman–Crippen MR) is 161 cm³/mol. The lowest BCUT2D eigenvalue weighted by molar-refractivity contribution is -0.136. The fourth-order valence-corrected chi connectivity index (χ4v) is 4.98. The minimum atomic E-state index is -0.830. The number of carboxylic acids is 1. The zero-order valence-corrected chi connectivity index (χ0v) is 22.9. The molecule has 1 heterocycles. The largest absolute Gasteiger partial charge is 0.494 e. The van der Waals surface area contributed by atoms with E-state index in [1.54, 1.807) is 12.1 Å². The van der Waals surface area contributed by atoms with Crippen LogP contribution in [-0.2, 0) is 24.3 Å². The summed E-state index contributed by atoms with van der Waals surface area (Å²) in [7, 11) is 2.10. The molecule has 5 aromatic rings. The lowest BCUT2D eigenvalue weighted by atomic mass is 9.98. The molecule has 0 saturated carbocycles. The minimum absolute atomic E-state index is 0.00475. The second-order valence-corrected chi connectivity index (χ2v) is 10.4. The minimum Gasteiger partial charge on any atom is -0.494 e. The number of aromatic hydroxyl groups is 1. The molecule has 40 heavy (non-hydrogen) atoms. The number of aliphatic imine (C=N–C) groups is 1. The smallest absolute Gasteiger partial charge is 0.303 e. The first-order chi connectivity index (χ1) is 19.4. The van der Waals surface area contributed by atoms with Gasteiger partial charge in [0.1, 0.15) is 0 Å². The van der Waals surface area contributed by atoms with Gasteiger partial charge in [-0.1, -0.05) is 84.4 Å². The Bertz CT molecular complexity index is 1640. The molecule has 0 spiro atoms. The number of aliphatic carboxylic acids is 1. The summed E-state index contributed by atoms with van der Waals surface area (Å²) >= 11 is 6.19. The fourth-order valence-electron chi connectivity index (χ4n) is 4.81. The fraction of sp³-hybridized carbons (Fsp3) is 0.152. The van der Waals surface area contributed by atoms with Gasteiger partial charge in [0.05, 0.1) is 22.5 Å². The summed E-state index contributed by atoms with van der Waals surface area (Å²) in [6.45, 7) is 1.66. The molecule has 0 unspecified atom stereocenters. The van der Waals surface area contributed by atoms with Crippen LogP contribution in [0.3, 0.4) is 0 Å². The number of fused-ring (bicyclic) bond motifs is 1. The molecule has 3 N–H and O–H groups in total. The van der Waals surface area contributed by atoms with Crippen molar-refractivity contribution in [3.63, 3.8) is 0 Å². The number of carbonyl (C=O) groups is 1. The second-order valence-electron chi connectivity index (χ2n) is 9.91. The van der Waals surface area contributed by atoms with Gasteiger partial charge in [-0.25, -0.2) is 4.99 Å². The van der Waals surface area contributed by atoms with Crippen LogP contribution in [0.15, 0.2) is 102 Å². The van der Waals surface area contributed by atoms with Gasteiger partial charge in [-0.2, -0.15) is 0 Å². The van der Waals surface area contributed by atoms with Crippen molar-refractivity contribution >= 4 is 39.9 Å². The first-order valence-electron chi connectivity index (χ1n) is 13.1. The summed E-state index contributed by atoms with van der Waals surface area (Å²) < 4.78 is 0. The average molecular weight is 552 g/mol. The van der Waals surface area contributed by atoms with Gasteiger partial charge in [-0.3, -0.25) is 9.69 Å². The van der Waals surface area contributed by atoms with Crippen molar-refractivity contribution in [2.45, 2.75) is 25.9 Å². The van der Waals surface area contributed by atoms with Gasteiger partial charge in [0.2, 0.25) is 0 Å². The lowest BCUT2D eigenvalue weighted by Gasteiger charge is -2.17. The van der Waals surface area contributed by atoms with E-state index < -0.39 is 5.97 Å². The normalized spacial score (nSPS) is 11.8. The van der Waals surface area contributed by atoms with Crippen LogP contribution in [0.25, 0.3) is 10.9 Å². The Labute approximate surface area is 238 Å². The van der Waals surface area contributed by atoms with Crippen LogP contribution in [0.2, 0.25) is 5.02 Å². The molecule has 4 aromatic carbocycles. The number of halogens is 1. The Morgan fingerprint density at radius 1 is 0.875 bits per heavy atom. The van der Waals surface area contributed by atoms with Crippen molar-refractivity contribution in [2.24, 2.45) is 4.99 Å². The molecule has 0 aliphatic carbocycles. The number of benzene rings is 4. The van der Waals surface area contributed by atoms with Crippen molar-refractivity contribution in [3.05, 3.63) is 130 Å². The third kappa shape index (κ3) is 6.60. The van der Waals surface area contributed by atoms with Crippen LogP contribution in [0.4, 0.5) is 5.69 Å². The molecule has 5 rings (SSSR count). The van der Waals surface area contributed by atoms with Gasteiger partial charge in [-0.15, -0.1) is 0 Å². The van der Waals surface area contributed by atoms with Gasteiger partial charge in [-0.05, 0) is 54.4 Å². The van der Waals surface area contributed by atoms with Gasteiger partial charge < -0.3 is 15.2 Å². The number of carboxylic acid groups (broad SMARTS) is 1. The van der Waals surface area contributed by atoms with Crippen LogP contribution >= 0.6 is 11.6 Å². The number of nitrogens with zero attached hydrogens (tertiary/aromatic N) is 2. The highest BCUT2D eigenvalue weighted by atomic mass is 35.5. The Hall–Kier alpha value is -4.39. The van der Waals surface area contributed by atoms with Gasteiger partial charge in [0.25, 0.3) is 0 Å². The zero-order chi connectivity index (χ0) is 28.1. The molecule has 0 amide bonds. The number of aromatic nitrogens is 1. The monoisotopic (exact) mass is 551 g/mol. The van der Waals surface area contributed by atoms with Crippen molar-refractivity contribution in [3.8, 4) is 5.88 Å². The van der Waals surface area contributed by atoms with Crippen molar-refractivity contribution in [2.75, 3.05) is 7.05 Å². The van der Waals surface area contributed by atoms with E-state index in [0.29, 0.717) is 28.2 Å². The first-order valence-corrected chi connectivity index (χ1v) is 13.5. The average Bonchev–Trinajstić information content (AvgIpc) is 3.26. The molecule has 0 aliphatic rings. The number of rotatable bonds is 10. The van der Waals surface area contributed by atoms with Crippen LogP contribution in [0, 0.1) is 0 Å². The molecule has 6 nitrogen and oxygen atoms in total. The third-order valence-electron chi connectivity index (χ3n) is 6.76. The number of aryl methyl sites for hydroxylation is 1. The second kappa shape index (κ2) is 12.2.